The topological polar surface area (TPSA) is 65.4 Å². The van der Waals surface area contributed by atoms with Gasteiger partial charge in [0.1, 0.15) is 11.7 Å². The molecule has 0 aromatic carbocycles. The summed E-state index contributed by atoms with van der Waals surface area (Å²) < 4.78 is 12.7. The molecule has 0 fully saturated rings. The van der Waals surface area contributed by atoms with Crippen molar-refractivity contribution in [3.63, 3.8) is 0 Å². The first-order valence-electron chi connectivity index (χ1n) is 6.19. The van der Waals surface area contributed by atoms with Crippen LogP contribution >= 0.6 is 22.9 Å². The minimum atomic E-state index is -0.260. The van der Waals surface area contributed by atoms with E-state index in [1.165, 1.54) is 23.1 Å². The normalized spacial score (nSPS) is 12.2. The maximum atomic E-state index is 12.2. The summed E-state index contributed by atoms with van der Waals surface area (Å²) in [5.74, 6) is 0.0350. The predicted molar refractivity (Wildman–Crippen MR) is 81.2 cm³/mol. The molecule has 6 nitrogen and oxygen atoms in total. The Bertz CT molecular complexity index is 626. The van der Waals surface area contributed by atoms with Crippen LogP contribution in [0.5, 0.6) is 5.88 Å². The van der Waals surface area contributed by atoms with Gasteiger partial charge < -0.3 is 14.8 Å². The average Bonchev–Trinajstić information content (AvgIpc) is 3.05. The molecule has 0 radical (unpaired) electrons. The van der Waals surface area contributed by atoms with Crippen molar-refractivity contribution in [1.29, 1.82) is 0 Å². The molecule has 0 spiro atoms. The summed E-state index contributed by atoms with van der Waals surface area (Å²) in [5, 5.41) is 6.86. The highest BCUT2D eigenvalue weighted by Crippen LogP contribution is 2.28. The molecule has 0 bridgehead atoms. The van der Waals surface area contributed by atoms with E-state index in [-0.39, 0.29) is 12.0 Å². The fraction of sp³-hybridized carbons (Fsp3) is 0.385. The van der Waals surface area contributed by atoms with Gasteiger partial charge in [-0.25, -0.2) is 0 Å². The summed E-state index contributed by atoms with van der Waals surface area (Å²) in [7, 11) is 4.80. The largest absolute Gasteiger partial charge is 0.479 e. The Morgan fingerprint density at radius 1 is 1.52 bits per heavy atom. The first-order valence-corrected chi connectivity index (χ1v) is 7.38. The Morgan fingerprint density at radius 3 is 2.86 bits per heavy atom. The molecule has 2 aromatic heterocycles. The Kier molecular flexibility index (Phi) is 5.22. The van der Waals surface area contributed by atoms with Gasteiger partial charge in [-0.05, 0) is 12.1 Å². The third-order valence-corrected chi connectivity index (χ3v) is 4.20. The monoisotopic (exact) mass is 329 g/mol. The lowest BCUT2D eigenvalue weighted by atomic mass is 10.2. The second kappa shape index (κ2) is 6.93. The number of rotatable bonds is 6. The van der Waals surface area contributed by atoms with E-state index < -0.39 is 0 Å². The highest BCUT2D eigenvalue weighted by atomic mass is 35.5. The lowest BCUT2D eigenvalue weighted by Gasteiger charge is -2.14. The van der Waals surface area contributed by atoms with Crippen molar-refractivity contribution < 1.29 is 14.3 Å². The molecule has 1 atom stereocenters. The molecule has 0 saturated heterocycles. The maximum Gasteiger partial charge on any atom is 0.258 e. The zero-order valence-electron chi connectivity index (χ0n) is 11.9. The smallest absolute Gasteiger partial charge is 0.258 e. The molecule has 21 heavy (non-hydrogen) atoms. The summed E-state index contributed by atoms with van der Waals surface area (Å²) in [5.41, 5.74) is 0.388. The fourth-order valence-corrected chi connectivity index (χ4v) is 3.00. The third-order valence-electron chi connectivity index (χ3n) is 2.88. The second-order valence-electron chi connectivity index (χ2n) is 4.30. The van der Waals surface area contributed by atoms with E-state index in [1.807, 2.05) is 6.07 Å². The van der Waals surface area contributed by atoms with E-state index in [2.05, 4.69) is 10.4 Å². The van der Waals surface area contributed by atoms with E-state index in [9.17, 15) is 4.79 Å². The summed E-state index contributed by atoms with van der Waals surface area (Å²) >= 11 is 7.34. The molecule has 0 aliphatic rings. The first-order chi connectivity index (χ1) is 10.0. The van der Waals surface area contributed by atoms with Crippen LogP contribution in [0.4, 0.5) is 0 Å². The summed E-state index contributed by atoms with van der Waals surface area (Å²) in [6, 6.07) is 3.69. The molecule has 114 valence electrons. The molecule has 2 aromatic rings. The molecule has 2 rings (SSSR count). The van der Waals surface area contributed by atoms with Crippen LogP contribution in [-0.4, -0.2) is 36.5 Å². The highest BCUT2D eigenvalue weighted by molar-refractivity contribution is 7.16. The van der Waals surface area contributed by atoms with Crippen molar-refractivity contribution in [3.05, 3.63) is 33.1 Å². The number of thiophene rings is 1. The number of ether oxygens (including phenoxy) is 2. The van der Waals surface area contributed by atoms with E-state index >= 15 is 0 Å². The van der Waals surface area contributed by atoms with Gasteiger partial charge in [0.25, 0.3) is 5.91 Å². The minimum absolute atomic E-state index is 0.242. The van der Waals surface area contributed by atoms with Crippen molar-refractivity contribution in [2.45, 2.75) is 6.10 Å². The molecule has 0 aliphatic carbocycles. The second-order valence-corrected chi connectivity index (χ2v) is 6.05. The van der Waals surface area contributed by atoms with Gasteiger partial charge in [0, 0.05) is 31.8 Å². The zero-order chi connectivity index (χ0) is 15.4. The molecule has 8 heteroatoms. The zero-order valence-corrected chi connectivity index (χ0v) is 13.5. The lowest BCUT2D eigenvalue weighted by molar-refractivity contribution is 0.0835. The minimum Gasteiger partial charge on any atom is -0.479 e. The number of carbonyl (C=O) groups is 1. The van der Waals surface area contributed by atoms with E-state index in [0.29, 0.717) is 22.3 Å². The molecule has 2 heterocycles. The van der Waals surface area contributed by atoms with Crippen molar-refractivity contribution in [2.75, 3.05) is 20.8 Å². The van der Waals surface area contributed by atoms with Crippen molar-refractivity contribution in [1.82, 2.24) is 15.1 Å². The average molecular weight is 330 g/mol. The van der Waals surface area contributed by atoms with Gasteiger partial charge in [0.2, 0.25) is 5.88 Å². The highest BCUT2D eigenvalue weighted by Gasteiger charge is 2.19. The van der Waals surface area contributed by atoms with Gasteiger partial charge >= 0.3 is 0 Å². The van der Waals surface area contributed by atoms with Gasteiger partial charge in [0.05, 0.1) is 11.4 Å². The van der Waals surface area contributed by atoms with Crippen LogP contribution in [0.3, 0.4) is 0 Å². The van der Waals surface area contributed by atoms with Gasteiger partial charge in [-0.3, -0.25) is 9.48 Å². The number of nitrogens with one attached hydrogen (secondary N) is 1. The Morgan fingerprint density at radius 2 is 2.29 bits per heavy atom. The molecule has 1 N–H and O–H groups in total. The van der Waals surface area contributed by atoms with Crippen LogP contribution in [0.25, 0.3) is 0 Å². The number of halogens is 1. The number of nitrogens with zero attached hydrogens (tertiary/aromatic N) is 2. The quantitative estimate of drug-likeness (QED) is 0.883. The summed E-state index contributed by atoms with van der Waals surface area (Å²) in [4.78, 5) is 13.1. The number of amides is 1. The van der Waals surface area contributed by atoms with Gasteiger partial charge in [-0.2, -0.15) is 0 Å². The molecule has 1 amide bonds. The molecule has 0 saturated carbocycles. The molecular weight excluding hydrogens is 314 g/mol. The van der Waals surface area contributed by atoms with Crippen LogP contribution in [0, 0.1) is 0 Å². The predicted octanol–water partition coefficient (Wildman–Crippen LogP) is 2.26. The first kappa shape index (κ1) is 15.8. The van der Waals surface area contributed by atoms with Crippen LogP contribution in [0.15, 0.2) is 18.3 Å². The fourth-order valence-electron chi connectivity index (χ4n) is 1.86. The lowest BCUT2D eigenvalue weighted by Crippen LogP contribution is -2.28. The van der Waals surface area contributed by atoms with Crippen LogP contribution < -0.4 is 10.1 Å². The van der Waals surface area contributed by atoms with E-state index in [0.717, 1.165) is 4.88 Å². The van der Waals surface area contributed by atoms with Crippen LogP contribution in [-0.2, 0) is 11.8 Å². The number of carbonyl (C=O) groups excluding carboxylic acids is 1. The van der Waals surface area contributed by atoms with Gasteiger partial charge in [-0.1, -0.05) is 11.6 Å². The Balaban J connectivity index is 2.02. The SMILES string of the molecule is COc1nn(C)cc1C(=O)NC[C@H](OC)c1ccc(Cl)s1. The Hall–Kier alpha value is -1.57. The van der Waals surface area contributed by atoms with Crippen LogP contribution in [0.2, 0.25) is 4.34 Å². The van der Waals surface area contributed by atoms with Crippen LogP contribution in [0.1, 0.15) is 21.3 Å². The summed E-state index contributed by atoms with van der Waals surface area (Å²) in [6.07, 6.45) is 1.37. The molecular formula is C13H16ClN3O3S. The number of aromatic nitrogens is 2. The molecule has 0 aliphatic heterocycles. The number of hydrogen-bond acceptors (Lipinski definition) is 5. The third kappa shape index (κ3) is 3.75. The van der Waals surface area contributed by atoms with Crippen molar-refractivity contribution in [2.24, 2.45) is 7.05 Å². The number of methoxy groups -OCH3 is 2. The van der Waals surface area contributed by atoms with E-state index in [1.54, 1.807) is 26.4 Å². The van der Waals surface area contributed by atoms with Gasteiger partial charge in [0.15, 0.2) is 0 Å². The Labute approximate surface area is 131 Å². The molecule has 0 unspecified atom stereocenters. The standard InChI is InChI=1S/C13H16ClN3O3S/c1-17-7-8(13(16-17)20-3)12(18)15-6-9(19-2)10-4-5-11(14)21-10/h4-5,7,9H,6H2,1-3H3,(H,15,18)/t9-/m0/s1. The van der Waals surface area contributed by atoms with Gasteiger partial charge in [-0.15, -0.1) is 16.4 Å². The summed E-state index contributed by atoms with van der Waals surface area (Å²) in [6.45, 7) is 0.338. The number of hydrogen-bond donors (Lipinski definition) is 1. The van der Waals surface area contributed by atoms with Crippen molar-refractivity contribution >= 4 is 28.8 Å². The van der Waals surface area contributed by atoms with E-state index in [4.69, 9.17) is 21.1 Å². The number of aryl methyl sites for hydroxylation is 1. The maximum absolute atomic E-state index is 12.2. The van der Waals surface area contributed by atoms with Crippen molar-refractivity contribution in [3.8, 4) is 5.88 Å².